The van der Waals surface area contributed by atoms with Crippen LogP contribution in [0.2, 0.25) is 4.34 Å². The van der Waals surface area contributed by atoms with E-state index in [1.165, 1.54) is 11.3 Å². The van der Waals surface area contributed by atoms with Gasteiger partial charge < -0.3 is 10.2 Å². The van der Waals surface area contributed by atoms with Crippen molar-refractivity contribution in [2.45, 2.75) is 4.21 Å². The first kappa shape index (κ1) is 12.2. The summed E-state index contributed by atoms with van der Waals surface area (Å²) in [7, 11) is 0. The Morgan fingerprint density at radius 1 is 1.50 bits per heavy atom. The fourth-order valence-corrected chi connectivity index (χ4v) is 3.72. The van der Waals surface area contributed by atoms with Gasteiger partial charge in [0.25, 0.3) is 0 Å². The third-order valence-corrected chi connectivity index (χ3v) is 4.80. The molecule has 1 aromatic rings. The molecule has 2 heterocycles. The van der Waals surface area contributed by atoms with Crippen LogP contribution in [0.3, 0.4) is 0 Å². The maximum Gasteiger partial charge on any atom is 0.233 e. The summed E-state index contributed by atoms with van der Waals surface area (Å²) in [6.45, 7) is 3.46. The average Bonchev–Trinajstić information content (AvgIpc) is 2.73. The maximum absolute atomic E-state index is 11.8. The van der Waals surface area contributed by atoms with E-state index < -0.39 is 0 Å². The highest BCUT2D eigenvalue weighted by Crippen LogP contribution is 2.30. The minimum absolute atomic E-state index is 0.219. The molecule has 0 saturated carbocycles. The summed E-state index contributed by atoms with van der Waals surface area (Å²) in [5.41, 5.74) is 0. The van der Waals surface area contributed by atoms with Crippen LogP contribution in [0.4, 0.5) is 0 Å². The summed E-state index contributed by atoms with van der Waals surface area (Å²) in [6.07, 6.45) is 0. The van der Waals surface area contributed by atoms with Crippen molar-refractivity contribution in [2.24, 2.45) is 0 Å². The number of nitrogens with zero attached hydrogens (tertiary/aromatic N) is 1. The number of halogens is 1. The van der Waals surface area contributed by atoms with Crippen molar-refractivity contribution in [2.75, 3.05) is 31.9 Å². The molecule has 1 fully saturated rings. The summed E-state index contributed by atoms with van der Waals surface area (Å²) in [5, 5.41) is 3.23. The number of piperazine rings is 1. The van der Waals surface area contributed by atoms with Gasteiger partial charge in [0.1, 0.15) is 0 Å². The fraction of sp³-hybridized carbons (Fsp3) is 0.500. The van der Waals surface area contributed by atoms with Gasteiger partial charge in [-0.15, -0.1) is 23.1 Å². The molecule has 16 heavy (non-hydrogen) atoms. The van der Waals surface area contributed by atoms with Gasteiger partial charge in [0.05, 0.1) is 14.3 Å². The summed E-state index contributed by atoms with van der Waals surface area (Å²) < 4.78 is 1.88. The van der Waals surface area contributed by atoms with Crippen LogP contribution in [-0.2, 0) is 4.79 Å². The number of amides is 1. The van der Waals surface area contributed by atoms with Gasteiger partial charge in [-0.2, -0.15) is 0 Å². The van der Waals surface area contributed by atoms with E-state index in [0.717, 1.165) is 34.7 Å². The second-order valence-corrected chi connectivity index (χ2v) is 6.47. The largest absolute Gasteiger partial charge is 0.339 e. The monoisotopic (exact) mass is 276 g/mol. The molecule has 0 aliphatic carbocycles. The predicted molar refractivity (Wildman–Crippen MR) is 69.5 cm³/mol. The Hall–Kier alpha value is -0.230. The number of thioether (sulfide) groups is 1. The van der Waals surface area contributed by atoms with Crippen molar-refractivity contribution in [3.63, 3.8) is 0 Å². The SMILES string of the molecule is O=C(CSc1ccc(Cl)s1)N1CCNCC1. The van der Waals surface area contributed by atoms with Crippen molar-refractivity contribution in [3.8, 4) is 0 Å². The highest BCUT2D eigenvalue weighted by molar-refractivity contribution is 8.01. The molecule has 1 aliphatic heterocycles. The molecule has 1 amide bonds. The second kappa shape index (κ2) is 5.91. The Balaban J connectivity index is 1.78. The molecular weight excluding hydrogens is 264 g/mol. The molecule has 3 nitrogen and oxygen atoms in total. The first-order valence-electron chi connectivity index (χ1n) is 5.12. The first-order chi connectivity index (χ1) is 7.75. The number of nitrogens with one attached hydrogen (secondary N) is 1. The van der Waals surface area contributed by atoms with Crippen molar-refractivity contribution in [3.05, 3.63) is 16.5 Å². The molecular formula is C10H13ClN2OS2. The summed E-state index contributed by atoms with van der Waals surface area (Å²) in [6, 6.07) is 3.83. The van der Waals surface area contributed by atoms with E-state index in [2.05, 4.69) is 5.32 Å². The molecule has 6 heteroatoms. The molecule has 0 unspecified atom stereocenters. The van der Waals surface area contributed by atoms with E-state index in [4.69, 9.17) is 11.6 Å². The minimum atomic E-state index is 0.219. The van der Waals surface area contributed by atoms with Gasteiger partial charge in [0, 0.05) is 26.2 Å². The lowest BCUT2D eigenvalue weighted by molar-refractivity contribution is -0.128. The Bertz CT molecular complexity index is 363. The van der Waals surface area contributed by atoms with E-state index >= 15 is 0 Å². The van der Waals surface area contributed by atoms with Crippen LogP contribution in [0, 0.1) is 0 Å². The zero-order chi connectivity index (χ0) is 11.4. The van der Waals surface area contributed by atoms with Crippen molar-refractivity contribution in [1.29, 1.82) is 0 Å². The van der Waals surface area contributed by atoms with Gasteiger partial charge in [-0.1, -0.05) is 11.6 Å². The lowest BCUT2D eigenvalue weighted by Gasteiger charge is -2.27. The standard InChI is InChI=1S/C10H13ClN2OS2/c11-8-1-2-10(16-8)15-7-9(14)13-5-3-12-4-6-13/h1-2,12H,3-7H2. The smallest absolute Gasteiger partial charge is 0.233 e. The van der Waals surface area contributed by atoms with Gasteiger partial charge in [-0.05, 0) is 12.1 Å². The number of hydrogen-bond acceptors (Lipinski definition) is 4. The molecule has 0 bridgehead atoms. The van der Waals surface area contributed by atoms with E-state index in [-0.39, 0.29) is 5.91 Å². The molecule has 88 valence electrons. The first-order valence-corrected chi connectivity index (χ1v) is 7.30. The molecule has 0 radical (unpaired) electrons. The molecule has 0 spiro atoms. The molecule has 1 aliphatic rings. The molecule has 0 atom stereocenters. The van der Waals surface area contributed by atoms with Crippen LogP contribution in [0.5, 0.6) is 0 Å². The van der Waals surface area contributed by atoms with Gasteiger partial charge in [0.15, 0.2) is 0 Å². The van der Waals surface area contributed by atoms with Gasteiger partial charge in [0.2, 0.25) is 5.91 Å². The number of carbonyl (C=O) groups is 1. The topological polar surface area (TPSA) is 32.3 Å². The summed E-state index contributed by atoms with van der Waals surface area (Å²) in [5.74, 6) is 0.729. The zero-order valence-electron chi connectivity index (χ0n) is 8.74. The molecule has 1 aromatic heterocycles. The van der Waals surface area contributed by atoms with E-state index in [1.807, 2.05) is 17.0 Å². The average molecular weight is 277 g/mol. The quantitative estimate of drug-likeness (QED) is 0.857. The van der Waals surface area contributed by atoms with Crippen LogP contribution in [0.1, 0.15) is 0 Å². The van der Waals surface area contributed by atoms with E-state index in [1.54, 1.807) is 11.8 Å². The summed E-state index contributed by atoms with van der Waals surface area (Å²) in [4.78, 5) is 13.7. The van der Waals surface area contributed by atoms with Gasteiger partial charge in [-0.25, -0.2) is 0 Å². The maximum atomic E-state index is 11.8. The van der Waals surface area contributed by atoms with E-state index in [0.29, 0.717) is 5.75 Å². The third-order valence-electron chi connectivity index (χ3n) is 2.36. The fourth-order valence-electron chi connectivity index (χ4n) is 1.51. The van der Waals surface area contributed by atoms with E-state index in [9.17, 15) is 4.79 Å². The van der Waals surface area contributed by atoms with Crippen LogP contribution < -0.4 is 5.32 Å². The Kier molecular flexibility index (Phi) is 4.52. The van der Waals surface area contributed by atoms with Crippen LogP contribution in [0.25, 0.3) is 0 Å². The van der Waals surface area contributed by atoms with Crippen molar-refractivity contribution < 1.29 is 4.79 Å². The molecule has 0 aromatic carbocycles. The molecule has 1 N–H and O–H groups in total. The van der Waals surface area contributed by atoms with Crippen LogP contribution in [0.15, 0.2) is 16.3 Å². The van der Waals surface area contributed by atoms with Crippen LogP contribution in [-0.4, -0.2) is 42.7 Å². The normalized spacial score (nSPS) is 16.4. The Labute approximate surface area is 108 Å². The number of carbonyl (C=O) groups excluding carboxylic acids is 1. The highest BCUT2D eigenvalue weighted by atomic mass is 35.5. The third kappa shape index (κ3) is 3.38. The molecule has 1 saturated heterocycles. The van der Waals surface area contributed by atoms with Crippen molar-refractivity contribution in [1.82, 2.24) is 10.2 Å². The Morgan fingerprint density at radius 2 is 2.25 bits per heavy atom. The van der Waals surface area contributed by atoms with Crippen molar-refractivity contribution >= 4 is 40.6 Å². The number of hydrogen-bond donors (Lipinski definition) is 1. The summed E-state index contributed by atoms with van der Waals surface area (Å²) >= 11 is 8.91. The van der Waals surface area contributed by atoms with Gasteiger partial charge in [-0.3, -0.25) is 4.79 Å². The van der Waals surface area contributed by atoms with Crippen LogP contribution >= 0.6 is 34.7 Å². The second-order valence-electron chi connectivity index (χ2n) is 3.48. The number of rotatable bonds is 3. The zero-order valence-corrected chi connectivity index (χ0v) is 11.1. The minimum Gasteiger partial charge on any atom is -0.339 e. The number of thiophene rings is 1. The Morgan fingerprint density at radius 3 is 2.88 bits per heavy atom. The predicted octanol–water partition coefficient (Wildman–Crippen LogP) is 1.93. The highest BCUT2D eigenvalue weighted by Gasteiger charge is 2.16. The lowest BCUT2D eigenvalue weighted by atomic mass is 10.3. The van der Waals surface area contributed by atoms with Gasteiger partial charge >= 0.3 is 0 Å². The lowest BCUT2D eigenvalue weighted by Crippen LogP contribution is -2.47. The molecule has 2 rings (SSSR count).